The topological polar surface area (TPSA) is 64.1 Å². The van der Waals surface area contributed by atoms with Crippen molar-refractivity contribution in [3.63, 3.8) is 0 Å². The summed E-state index contributed by atoms with van der Waals surface area (Å²) in [5.74, 6) is 0.0929. The Morgan fingerprint density at radius 2 is 1.85 bits per heavy atom. The first-order chi connectivity index (χ1) is 12.5. The molecule has 0 radical (unpaired) electrons. The maximum atomic E-state index is 13.2. The fourth-order valence-electron chi connectivity index (χ4n) is 2.50. The molecule has 1 heterocycles. The highest BCUT2D eigenvalue weighted by molar-refractivity contribution is 5.92. The van der Waals surface area contributed by atoms with Crippen molar-refractivity contribution >= 4 is 22.8 Å². The first-order valence-corrected chi connectivity index (χ1v) is 8.48. The minimum Gasteiger partial charge on any atom is -0.474 e. The molecule has 1 N–H and O–H groups in total. The molecule has 134 valence electrons. The van der Waals surface area contributed by atoms with Gasteiger partial charge in [0.2, 0.25) is 17.7 Å². The van der Waals surface area contributed by atoms with Gasteiger partial charge in [0.15, 0.2) is 0 Å². The lowest BCUT2D eigenvalue weighted by Crippen LogP contribution is -2.14. The number of carbonyl (C=O) groups is 1. The number of nitrogens with zero attached hydrogens (tertiary/aromatic N) is 2. The van der Waals surface area contributed by atoms with Crippen molar-refractivity contribution in [2.75, 3.05) is 5.32 Å². The van der Waals surface area contributed by atoms with Crippen LogP contribution in [0.25, 0.3) is 22.0 Å². The average Bonchev–Trinajstić information content (AvgIpc) is 2.61. The van der Waals surface area contributed by atoms with Crippen molar-refractivity contribution < 1.29 is 13.9 Å². The molecule has 2 aromatic carbocycles. The zero-order valence-electron chi connectivity index (χ0n) is 14.9. The first kappa shape index (κ1) is 17.8. The molecule has 0 saturated carbocycles. The number of carbonyl (C=O) groups excluding carboxylic acids is 1. The third-order valence-corrected chi connectivity index (χ3v) is 4.01. The van der Waals surface area contributed by atoms with Gasteiger partial charge in [-0.3, -0.25) is 10.1 Å². The van der Waals surface area contributed by atoms with E-state index in [1.165, 1.54) is 19.1 Å². The van der Waals surface area contributed by atoms with Crippen LogP contribution in [-0.4, -0.2) is 22.0 Å². The molecule has 0 saturated heterocycles. The molecule has 0 aliphatic heterocycles. The molecule has 1 amide bonds. The van der Waals surface area contributed by atoms with E-state index in [4.69, 9.17) is 4.74 Å². The van der Waals surface area contributed by atoms with E-state index < -0.39 is 0 Å². The molecular formula is C20H20FN3O2. The Kier molecular flexibility index (Phi) is 5.11. The molecule has 0 spiro atoms. The molecular weight excluding hydrogens is 333 g/mol. The van der Waals surface area contributed by atoms with E-state index in [1.807, 2.05) is 32.0 Å². The summed E-state index contributed by atoms with van der Waals surface area (Å²) in [7, 11) is 0. The number of ether oxygens (including phenoxy) is 1. The number of nitrogens with one attached hydrogen (secondary N) is 1. The van der Waals surface area contributed by atoms with Crippen LogP contribution in [0, 0.1) is 5.82 Å². The van der Waals surface area contributed by atoms with E-state index in [-0.39, 0.29) is 23.8 Å². The molecule has 0 aliphatic rings. The lowest BCUT2D eigenvalue weighted by atomic mass is 10.0. The van der Waals surface area contributed by atoms with E-state index in [0.717, 1.165) is 22.9 Å². The monoisotopic (exact) mass is 353 g/mol. The second-order valence-corrected chi connectivity index (χ2v) is 6.11. The summed E-state index contributed by atoms with van der Waals surface area (Å²) in [4.78, 5) is 20.1. The maximum Gasteiger partial charge on any atom is 0.233 e. The van der Waals surface area contributed by atoms with Crippen LogP contribution in [0.1, 0.15) is 27.2 Å². The summed E-state index contributed by atoms with van der Waals surface area (Å²) in [6.45, 7) is 5.38. The van der Waals surface area contributed by atoms with Gasteiger partial charge in [-0.1, -0.05) is 25.1 Å². The quantitative estimate of drug-likeness (QED) is 0.730. The van der Waals surface area contributed by atoms with Crippen LogP contribution >= 0.6 is 0 Å². The van der Waals surface area contributed by atoms with Gasteiger partial charge in [0, 0.05) is 6.92 Å². The lowest BCUT2D eigenvalue weighted by molar-refractivity contribution is -0.114. The van der Waals surface area contributed by atoms with Crippen molar-refractivity contribution in [1.29, 1.82) is 0 Å². The van der Waals surface area contributed by atoms with Gasteiger partial charge in [-0.2, -0.15) is 4.98 Å². The van der Waals surface area contributed by atoms with Crippen LogP contribution in [0.15, 0.2) is 42.5 Å². The Labute approximate surface area is 151 Å². The van der Waals surface area contributed by atoms with Gasteiger partial charge in [0.05, 0.1) is 17.0 Å². The molecule has 0 aliphatic carbocycles. The highest BCUT2D eigenvalue weighted by Crippen LogP contribution is 2.30. The highest BCUT2D eigenvalue weighted by atomic mass is 19.1. The Hall–Kier alpha value is -3.02. The number of amides is 1. The Morgan fingerprint density at radius 1 is 1.15 bits per heavy atom. The van der Waals surface area contributed by atoms with Crippen LogP contribution < -0.4 is 10.1 Å². The summed E-state index contributed by atoms with van der Waals surface area (Å²) in [5, 5.41) is 3.34. The molecule has 6 heteroatoms. The summed E-state index contributed by atoms with van der Waals surface area (Å²) in [6, 6.07) is 11.9. The maximum absolute atomic E-state index is 13.2. The molecule has 3 aromatic rings. The third kappa shape index (κ3) is 3.96. The zero-order chi connectivity index (χ0) is 18.7. The molecule has 0 fully saturated rings. The second-order valence-electron chi connectivity index (χ2n) is 6.11. The van der Waals surface area contributed by atoms with Gasteiger partial charge >= 0.3 is 0 Å². The summed E-state index contributed by atoms with van der Waals surface area (Å²) >= 11 is 0. The van der Waals surface area contributed by atoms with Crippen LogP contribution in [0.5, 0.6) is 5.88 Å². The second kappa shape index (κ2) is 7.47. The predicted molar refractivity (Wildman–Crippen MR) is 99.6 cm³/mol. The largest absolute Gasteiger partial charge is 0.474 e. The van der Waals surface area contributed by atoms with Crippen LogP contribution in [0.3, 0.4) is 0 Å². The van der Waals surface area contributed by atoms with Crippen LogP contribution in [-0.2, 0) is 4.79 Å². The Morgan fingerprint density at radius 3 is 2.50 bits per heavy atom. The Bertz CT molecular complexity index is 942. The SMILES string of the molecule is CCC(C)Oc1nc(NC(C)=O)nc2ccc(-c3ccc(F)cc3)cc12. The van der Waals surface area contributed by atoms with Crippen molar-refractivity contribution in [2.45, 2.75) is 33.3 Å². The van der Waals surface area contributed by atoms with Gasteiger partial charge in [0.25, 0.3) is 0 Å². The highest BCUT2D eigenvalue weighted by Gasteiger charge is 2.13. The number of hydrogen-bond acceptors (Lipinski definition) is 4. The lowest BCUT2D eigenvalue weighted by Gasteiger charge is -2.15. The molecule has 0 bridgehead atoms. The average molecular weight is 353 g/mol. The molecule has 26 heavy (non-hydrogen) atoms. The van der Waals surface area contributed by atoms with Crippen LogP contribution in [0.2, 0.25) is 0 Å². The van der Waals surface area contributed by atoms with Crippen molar-refractivity contribution in [3.05, 3.63) is 48.3 Å². The zero-order valence-corrected chi connectivity index (χ0v) is 14.9. The third-order valence-electron chi connectivity index (χ3n) is 4.01. The number of fused-ring (bicyclic) bond motifs is 1. The molecule has 1 atom stereocenters. The first-order valence-electron chi connectivity index (χ1n) is 8.48. The van der Waals surface area contributed by atoms with Crippen molar-refractivity contribution in [1.82, 2.24) is 9.97 Å². The van der Waals surface area contributed by atoms with Gasteiger partial charge in [-0.25, -0.2) is 9.37 Å². The number of rotatable bonds is 5. The Balaban J connectivity index is 2.11. The molecule has 1 aromatic heterocycles. The van der Waals surface area contributed by atoms with E-state index >= 15 is 0 Å². The van der Waals surface area contributed by atoms with Gasteiger partial charge in [0.1, 0.15) is 5.82 Å². The molecule has 3 rings (SSSR count). The standard InChI is InChI=1S/C20H20FN3O2/c1-4-12(2)26-19-17-11-15(14-5-8-16(21)9-6-14)7-10-18(17)23-20(24-19)22-13(3)25/h5-12H,4H2,1-3H3,(H,22,23,24,25). The van der Waals surface area contributed by atoms with E-state index in [0.29, 0.717) is 11.4 Å². The fourth-order valence-corrected chi connectivity index (χ4v) is 2.50. The van der Waals surface area contributed by atoms with E-state index in [2.05, 4.69) is 15.3 Å². The number of halogens is 1. The summed E-state index contributed by atoms with van der Waals surface area (Å²) in [6.07, 6.45) is 0.784. The predicted octanol–water partition coefficient (Wildman–Crippen LogP) is 4.57. The summed E-state index contributed by atoms with van der Waals surface area (Å²) < 4.78 is 19.1. The molecule has 1 unspecified atom stereocenters. The van der Waals surface area contributed by atoms with Crippen LogP contribution in [0.4, 0.5) is 10.3 Å². The normalized spacial score (nSPS) is 12.0. The minimum absolute atomic E-state index is 0.0345. The number of aromatic nitrogens is 2. The number of anilines is 1. The van der Waals surface area contributed by atoms with Gasteiger partial charge in [-0.15, -0.1) is 0 Å². The van der Waals surface area contributed by atoms with Gasteiger partial charge in [-0.05, 0) is 48.7 Å². The van der Waals surface area contributed by atoms with Crippen molar-refractivity contribution in [2.24, 2.45) is 0 Å². The summed E-state index contributed by atoms with van der Waals surface area (Å²) in [5.41, 5.74) is 2.45. The van der Waals surface area contributed by atoms with E-state index in [9.17, 15) is 9.18 Å². The number of hydrogen-bond donors (Lipinski definition) is 1. The molecule has 5 nitrogen and oxygen atoms in total. The van der Waals surface area contributed by atoms with Crippen molar-refractivity contribution in [3.8, 4) is 17.0 Å². The smallest absolute Gasteiger partial charge is 0.233 e. The van der Waals surface area contributed by atoms with E-state index in [1.54, 1.807) is 12.1 Å². The van der Waals surface area contributed by atoms with Gasteiger partial charge < -0.3 is 4.74 Å². The fraction of sp³-hybridized carbons (Fsp3) is 0.250. The minimum atomic E-state index is -0.279. The number of benzene rings is 2.